The molecule has 5 nitrogen and oxygen atoms in total. The Morgan fingerprint density at radius 3 is 2.62 bits per heavy atom. The maximum atomic E-state index is 11.1. The van der Waals surface area contributed by atoms with E-state index in [4.69, 9.17) is 5.73 Å². The second kappa shape index (κ2) is 3.77. The highest BCUT2D eigenvalue weighted by Crippen LogP contribution is 2.09. The van der Waals surface area contributed by atoms with E-state index in [2.05, 4.69) is 10.1 Å². The van der Waals surface area contributed by atoms with E-state index in [1.54, 1.807) is 23.0 Å². The SMILES string of the molecule is Cc1cc(C(N)=O)cc(-n2ccc(C)n2)n1. The number of carbonyl (C=O) groups is 1. The fraction of sp³-hybridized carbons (Fsp3) is 0.182. The van der Waals surface area contributed by atoms with Gasteiger partial charge in [0.05, 0.1) is 5.69 Å². The molecule has 2 aromatic heterocycles. The molecule has 0 spiro atoms. The number of aryl methyl sites for hydroxylation is 2. The van der Waals surface area contributed by atoms with Gasteiger partial charge in [-0.05, 0) is 32.0 Å². The molecule has 0 unspecified atom stereocenters. The molecular formula is C11H12N4O. The molecule has 0 aromatic carbocycles. The molecule has 0 aliphatic heterocycles. The van der Waals surface area contributed by atoms with Crippen molar-refractivity contribution in [1.82, 2.24) is 14.8 Å². The summed E-state index contributed by atoms with van der Waals surface area (Å²) in [6, 6.07) is 5.15. The van der Waals surface area contributed by atoms with Gasteiger partial charge in [-0.15, -0.1) is 0 Å². The lowest BCUT2D eigenvalue weighted by atomic mass is 10.2. The predicted octanol–water partition coefficient (Wildman–Crippen LogP) is 0.983. The van der Waals surface area contributed by atoms with Crippen LogP contribution in [0.5, 0.6) is 0 Å². The van der Waals surface area contributed by atoms with Gasteiger partial charge < -0.3 is 5.73 Å². The first-order valence-corrected chi connectivity index (χ1v) is 4.87. The van der Waals surface area contributed by atoms with Gasteiger partial charge in [-0.1, -0.05) is 0 Å². The number of hydrogen-bond donors (Lipinski definition) is 1. The highest BCUT2D eigenvalue weighted by molar-refractivity contribution is 5.93. The molecule has 0 fully saturated rings. The normalized spacial score (nSPS) is 10.4. The number of carbonyl (C=O) groups excluding carboxylic acids is 1. The Morgan fingerprint density at radius 2 is 2.06 bits per heavy atom. The van der Waals surface area contributed by atoms with Crippen LogP contribution >= 0.6 is 0 Å². The molecule has 0 saturated carbocycles. The molecular weight excluding hydrogens is 204 g/mol. The van der Waals surface area contributed by atoms with Crippen LogP contribution in [-0.4, -0.2) is 20.7 Å². The maximum absolute atomic E-state index is 11.1. The summed E-state index contributed by atoms with van der Waals surface area (Å²) in [4.78, 5) is 15.4. The average Bonchev–Trinajstić information content (AvgIpc) is 2.64. The van der Waals surface area contributed by atoms with Gasteiger partial charge in [-0.3, -0.25) is 4.79 Å². The van der Waals surface area contributed by atoms with E-state index in [1.165, 1.54) is 0 Å². The summed E-state index contributed by atoms with van der Waals surface area (Å²) in [5.41, 5.74) is 7.31. The number of nitrogens with zero attached hydrogens (tertiary/aromatic N) is 3. The van der Waals surface area contributed by atoms with Crippen molar-refractivity contribution in [3.05, 3.63) is 41.3 Å². The minimum absolute atomic E-state index is 0.440. The van der Waals surface area contributed by atoms with E-state index in [0.717, 1.165) is 11.4 Å². The van der Waals surface area contributed by atoms with Crippen molar-refractivity contribution in [3.63, 3.8) is 0 Å². The summed E-state index contributed by atoms with van der Waals surface area (Å²) in [6.07, 6.45) is 1.79. The number of rotatable bonds is 2. The van der Waals surface area contributed by atoms with Crippen molar-refractivity contribution in [1.29, 1.82) is 0 Å². The van der Waals surface area contributed by atoms with Crippen LogP contribution < -0.4 is 5.73 Å². The molecule has 0 bridgehead atoms. The Labute approximate surface area is 92.9 Å². The van der Waals surface area contributed by atoms with Crippen molar-refractivity contribution >= 4 is 5.91 Å². The Bertz CT molecular complexity index is 545. The molecule has 0 atom stereocenters. The number of aromatic nitrogens is 3. The van der Waals surface area contributed by atoms with Gasteiger partial charge >= 0.3 is 0 Å². The molecule has 16 heavy (non-hydrogen) atoms. The second-order valence-corrected chi connectivity index (χ2v) is 3.62. The van der Waals surface area contributed by atoms with Gasteiger partial charge in [0, 0.05) is 17.5 Å². The molecule has 1 amide bonds. The smallest absolute Gasteiger partial charge is 0.248 e. The van der Waals surface area contributed by atoms with E-state index in [1.807, 2.05) is 19.9 Å². The van der Waals surface area contributed by atoms with Gasteiger partial charge in [-0.2, -0.15) is 5.10 Å². The minimum atomic E-state index is -0.462. The van der Waals surface area contributed by atoms with Gasteiger partial charge in [0.15, 0.2) is 5.82 Å². The van der Waals surface area contributed by atoms with E-state index in [0.29, 0.717) is 11.4 Å². The molecule has 2 aromatic rings. The third-order valence-corrected chi connectivity index (χ3v) is 2.18. The zero-order chi connectivity index (χ0) is 11.7. The summed E-state index contributed by atoms with van der Waals surface area (Å²) in [5, 5.41) is 4.22. The molecule has 0 radical (unpaired) electrons. The first-order valence-electron chi connectivity index (χ1n) is 4.87. The highest BCUT2D eigenvalue weighted by atomic mass is 16.1. The number of pyridine rings is 1. The van der Waals surface area contributed by atoms with Crippen LogP contribution in [0.3, 0.4) is 0 Å². The van der Waals surface area contributed by atoms with Crippen molar-refractivity contribution in [2.24, 2.45) is 5.73 Å². The van der Waals surface area contributed by atoms with Gasteiger partial charge in [-0.25, -0.2) is 9.67 Å². The molecule has 2 heterocycles. The van der Waals surface area contributed by atoms with E-state index < -0.39 is 5.91 Å². The number of nitrogens with two attached hydrogens (primary N) is 1. The summed E-state index contributed by atoms with van der Waals surface area (Å²) >= 11 is 0. The van der Waals surface area contributed by atoms with Crippen molar-refractivity contribution in [2.75, 3.05) is 0 Å². The second-order valence-electron chi connectivity index (χ2n) is 3.62. The average molecular weight is 216 g/mol. The lowest BCUT2D eigenvalue weighted by molar-refractivity contribution is 0.1000. The summed E-state index contributed by atoms with van der Waals surface area (Å²) in [6.45, 7) is 3.70. The third kappa shape index (κ3) is 1.93. The Morgan fingerprint density at radius 1 is 1.31 bits per heavy atom. The zero-order valence-corrected chi connectivity index (χ0v) is 9.14. The van der Waals surface area contributed by atoms with Crippen LogP contribution in [0.1, 0.15) is 21.7 Å². The summed E-state index contributed by atoms with van der Waals surface area (Å²) in [5.74, 6) is 0.137. The lowest BCUT2D eigenvalue weighted by Gasteiger charge is -2.04. The molecule has 0 aliphatic carbocycles. The number of primary amides is 1. The maximum Gasteiger partial charge on any atom is 0.248 e. The highest BCUT2D eigenvalue weighted by Gasteiger charge is 2.06. The zero-order valence-electron chi connectivity index (χ0n) is 9.14. The molecule has 82 valence electrons. The Kier molecular flexibility index (Phi) is 2.44. The molecule has 2 rings (SSSR count). The van der Waals surface area contributed by atoms with Gasteiger partial charge in [0.2, 0.25) is 5.91 Å². The standard InChI is InChI=1S/C11H12N4O/c1-7-3-4-15(14-7)10-6-9(11(12)16)5-8(2)13-10/h3-6H,1-2H3,(H2,12,16). The molecule has 0 aliphatic rings. The minimum Gasteiger partial charge on any atom is -0.366 e. The van der Waals surface area contributed by atoms with Crippen molar-refractivity contribution in [3.8, 4) is 5.82 Å². The molecule has 2 N–H and O–H groups in total. The Hall–Kier alpha value is -2.17. The van der Waals surface area contributed by atoms with Crippen LogP contribution in [0.4, 0.5) is 0 Å². The fourth-order valence-electron chi connectivity index (χ4n) is 1.45. The first-order chi connectivity index (χ1) is 7.56. The summed E-state index contributed by atoms with van der Waals surface area (Å²) < 4.78 is 1.62. The number of hydrogen-bond acceptors (Lipinski definition) is 3. The van der Waals surface area contributed by atoms with Crippen LogP contribution in [0, 0.1) is 13.8 Å². The quantitative estimate of drug-likeness (QED) is 0.813. The van der Waals surface area contributed by atoms with Crippen LogP contribution in [0.15, 0.2) is 24.4 Å². The topological polar surface area (TPSA) is 73.8 Å². The van der Waals surface area contributed by atoms with Crippen molar-refractivity contribution in [2.45, 2.75) is 13.8 Å². The third-order valence-electron chi connectivity index (χ3n) is 2.18. The largest absolute Gasteiger partial charge is 0.366 e. The summed E-state index contributed by atoms with van der Waals surface area (Å²) in [7, 11) is 0. The Balaban J connectivity index is 2.53. The van der Waals surface area contributed by atoms with E-state index in [9.17, 15) is 4.79 Å². The fourth-order valence-corrected chi connectivity index (χ4v) is 1.45. The molecule has 5 heteroatoms. The van der Waals surface area contributed by atoms with E-state index in [-0.39, 0.29) is 0 Å². The van der Waals surface area contributed by atoms with E-state index >= 15 is 0 Å². The lowest BCUT2D eigenvalue weighted by Crippen LogP contribution is -2.13. The van der Waals surface area contributed by atoms with Gasteiger partial charge in [0.25, 0.3) is 0 Å². The molecule has 0 saturated heterocycles. The monoisotopic (exact) mass is 216 g/mol. The van der Waals surface area contributed by atoms with Crippen LogP contribution in [0.2, 0.25) is 0 Å². The van der Waals surface area contributed by atoms with Gasteiger partial charge in [0.1, 0.15) is 0 Å². The van der Waals surface area contributed by atoms with Crippen LogP contribution in [0.25, 0.3) is 5.82 Å². The van der Waals surface area contributed by atoms with Crippen molar-refractivity contribution < 1.29 is 4.79 Å². The van der Waals surface area contributed by atoms with Crippen LogP contribution in [-0.2, 0) is 0 Å². The first kappa shape index (κ1) is 10.4. The number of amides is 1. The predicted molar refractivity (Wildman–Crippen MR) is 59.4 cm³/mol.